The van der Waals surface area contributed by atoms with Crippen LogP contribution >= 0.6 is 0 Å². The standard InChI is InChI=1S/C13H30OS/c1-5-8-11-15(4,14,12-9-6-2)13-10-7-3/h5-13H2,1-4H3. The second-order valence-corrected chi connectivity index (χ2v) is 10.4. The number of unbranched alkanes of at least 4 members (excludes halogenated alkanes) is 3. The van der Waals surface area contributed by atoms with Crippen LogP contribution < -0.4 is 0 Å². The summed E-state index contributed by atoms with van der Waals surface area (Å²) in [6, 6.07) is 0. The lowest BCUT2D eigenvalue weighted by molar-refractivity contribution is 0.645. The van der Waals surface area contributed by atoms with Gasteiger partial charge in [-0.15, -0.1) is 0 Å². The molecule has 0 radical (unpaired) electrons. The minimum atomic E-state index is -2.28. The fourth-order valence-corrected chi connectivity index (χ4v) is 5.88. The summed E-state index contributed by atoms with van der Waals surface area (Å²) in [7, 11) is -2.28. The molecule has 0 aromatic heterocycles. The fraction of sp³-hybridized carbons (Fsp3) is 1.00. The topological polar surface area (TPSA) is 17.1 Å². The minimum Gasteiger partial charge on any atom is -0.282 e. The lowest BCUT2D eigenvalue weighted by atomic mass is 10.4. The lowest BCUT2D eigenvalue weighted by Gasteiger charge is -2.38. The average Bonchev–Trinajstić information content (AvgIpc) is 2.22. The molecule has 0 N–H and O–H groups in total. The van der Waals surface area contributed by atoms with Gasteiger partial charge in [-0.1, -0.05) is 49.1 Å². The molecule has 0 unspecified atom stereocenters. The minimum absolute atomic E-state index is 0.966. The van der Waals surface area contributed by atoms with Crippen LogP contribution in [0.3, 0.4) is 0 Å². The van der Waals surface area contributed by atoms with Gasteiger partial charge in [0.1, 0.15) is 0 Å². The molecule has 0 aromatic carbocycles. The molecule has 0 bridgehead atoms. The Morgan fingerprint density at radius 3 is 1.20 bits per heavy atom. The first-order chi connectivity index (χ1) is 6.96. The van der Waals surface area contributed by atoms with Crippen molar-refractivity contribution in [2.75, 3.05) is 23.5 Å². The van der Waals surface area contributed by atoms with Crippen molar-refractivity contribution in [3.8, 4) is 0 Å². The van der Waals surface area contributed by atoms with Gasteiger partial charge < -0.3 is 0 Å². The summed E-state index contributed by atoms with van der Waals surface area (Å²) in [6.07, 6.45) is 8.99. The Labute approximate surface area is 96.4 Å². The normalized spacial score (nSPS) is 14.8. The summed E-state index contributed by atoms with van der Waals surface area (Å²) in [5.74, 6) is 2.90. The van der Waals surface area contributed by atoms with Gasteiger partial charge in [-0.2, -0.15) is 0 Å². The molecule has 94 valence electrons. The van der Waals surface area contributed by atoms with E-state index in [-0.39, 0.29) is 0 Å². The van der Waals surface area contributed by atoms with E-state index in [1.807, 2.05) is 0 Å². The summed E-state index contributed by atoms with van der Waals surface area (Å²) in [5.41, 5.74) is 0. The molecule has 0 aliphatic rings. The monoisotopic (exact) mass is 234 g/mol. The third-order valence-electron chi connectivity index (χ3n) is 3.22. The maximum absolute atomic E-state index is 13.1. The Morgan fingerprint density at radius 1 is 0.733 bits per heavy atom. The quantitative estimate of drug-likeness (QED) is 0.592. The summed E-state index contributed by atoms with van der Waals surface area (Å²) in [5, 5.41) is 0. The van der Waals surface area contributed by atoms with Gasteiger partial charge in [0.15, 0.2) is 0 Å². The van der Waals surface area contributed by atoms with E-state index < -0.39 is 9.07 Å². The van der Waals surface area contributed by atoms with Crippen LogP contribution in [0.15, 0.2) is 0 Å². The van der Waals surface area contributed by atoms with Crippen LogP contribution in [0.1, 0.15) is 59.3 Å². The van der Waals surface area contributed by atoms with Gasteiger partial charge in [0.2, 0.25) is 0 Å². The largest absolute Gasteiger partial charge is 0.282 e. The summed E-state index contributed by atoms with van der Waals surface area (Å²) >= 11 is 0. The molecule has 0 saturated carbocycles. The molecule has 0 saturated heterocycles. The fourth-order valence-electron chi connectivity index (χ4n) is 1.96. The Bertz CT molecular complexity index is 189. The van der Waals surface area contributed by atoms with E-state index in [4.69, 9.17) is 0 Å². The van der Waals surface area contributed by atoms with Gasteiger partial charge in [-0.3, -0.25) is 4.21 Å². The molecule has 0 aliphatic carbocycles. The molecular weight excluding hydrogens is 204 g/mol. The molecule has 0 fully saturated rings. The van der Waals surface area contributed by atoms with E-state index in [1.54, 1.807) is 0 Å². The molecule has 0 spiro atoms. The van der Waals surface area contributed by atoms with Crippen molar-refractivity contribution in [2.24, 2.45) is 0 Å². The maximum Gasteiger partial charge on any atom is 0.00340 e. The first-order valence-corrected chi connectivity index (χ1v) is 9.44. The Morgan fingerprint density at radius 2 is 1.00 bits per heavy atom. The Balaban J connectivity index is 4.41. The van der Waals surface area contributed by atoms with E-state index in [2.05, 4.69) is 27.0 Å². The highest BCUT2D eigenvalue weighted by Gasteiger charge is 2.29. The highest BCUT2D eigenvalue weighted by atomic mass is 32.3. The Kier molecular flexibility index (Phi) is 6.74. The van der Waals surface area contributed by atoms with Crippen molar-refractivity contribution < 1.29 is 4.21 Å². The van der Waals surface area contributed by atoms with Crippen molar-refractivity contribution in [3.63, 3.8) is 0 Å². The van der Waals surface area contributed by atoms with E-state index in [9.17, 15) is 4.21 Å². The summed E-state index contributed by atoms with van der Waals surface area (Å²) in [6.45, 7) is 6.56. The van der Waals surface area contributed by atoms with Crippen LogP contribution in [-0.2, 0) is 9.07 Å². The Hall–Kier alpha value is 0.150. The molecule has 1 nitrogen and oxygen atoms in total. The molecule has 0 aliphatic heterocycles. The number of hydrogen-bond donors (Lipinski definition) is 0. The van der Waals surface area contributed by atoms with Crippen molar-refractivity contribution in [2.45, 2.75) is 59.3 Å². The second kappa shape index (κ2) is 6.67. The molecule has 0 atom stereocenters. The van der Waals surface area contributed by atoms with Crippen molar-refractivity contribution in [1.82, 2.24) is 0 Å². The molecule has 15 heavy (non-hydrogen) atoms. The average molecular weight is 234 g/mol. The summed E-state index contributed by atoms with van der Waals surface area (Å²) < 4.78 is 13.1. The molecule has 2 heteroatoms. The third kappa shape index (κ3) is 6.34. The van der Waals surface area contributed by atoms with Gasteiger partial charge in [0.05, 0.1) is 0 Å². The molecule has 0 amide bonds. The zero-order valence-corrected chi connectivity index (χ0v) is 12.0. The molecule has 0 rings (SSSR count). The zero-order valence-electron chi connectivity index (χ0n) is 11.2. The van der Waals surface area contributed by atoms with Crippen molar-refractivity contribution >= 4 is 9.07 Å². The predicted octanol–water partition coefficient (Wildman–Crippen LogP) is 3.84. The molecular formula is C13H30OS. The van der Waals surface area contributed by atoms with Gasteiger partial charge in [-0.25, -0.2) is 0 Å². The smallest absolute Gasteiger partial charge is 0.00340 e. The van der Waals surface area contributed by atoms with Gasteiger partial charge in [0.25, 0.3) is 0 Å². The van der Waals surface area contributed by atoms with Crippen molar-refractivity contribution in [3.05, 3.63) is 0 Å². The van der Waals surface area contributed by atoms with E-state index >= 15 is 0 Å². The second-order valence-electron chi connectivity index (χ2n) is 5.17. The van der Waals surface area contributed by atoms with Crippen LogP contribution in [0.4, 0.5) is 0 Å². The maximum atomic E-state index is 13.1. The van der Waals surface area contributed by atoms with Gasteiger partial charge in [0, 0.05) is 17.3 Å². The zero-order chi connectivity index (χ0) is 11.8. The van der Waals surface area contributed by atoms with Crippen LogP contribution in [-0.4, -0.2) is 27.7 Å². The third-order valence-corrected chi connectivity index (χ3v) is 7.54. The van der Waals surface area contributed by atoms with Crippen LogP contribution in [0.25, 0.3) is 0 Å². The number of hydrogen-bond acceptors (Lipinski definition) is 1. The van der Waals surface area contributed by atoms with Crippen LogP contribution in [0.2, 0.25) is 0 Å². The van der Waals surface area contributed by atoms with Gasteiger partial charge >= 0.3 is 0 Å². The summed E-state index contributed by atoms with van der Waals surface area (Å²) in [4.78, 5) is 0. The first-order valence-electron chi connectivity index (χ1n) is 6.56. The first kappa shape index (κ1) is 15.2. The SMILES string of the molecule is CCCCS(C)(=O)(CCCC)CCCC. The van der Waals surface area contributed by atoms with Gasteiger partial charge in [-0.05, 0) is 25.5 Å². The van der Waals surface area contributed by atoms with E-state index in [0.29, 0.717) is 0 Å². The van der Waals surface area contributed by atoms with E-state index in [1.165, 1.54) is 19.3 Å². The van der Waals surface area contributed by atoms with E-state index in [0.717, 1.165) is 36.5 Å². The molecule has 0 aromatic rings. The predicted molar refractivity (Wildman–Crippen MR) is 73.4 cm³/mol. The molecule has 0 heterocycles. The highest BCUT2D eigenvalue weighted by molar-refractivity contribution is 8.19. The highest BCUT2D eigenvalue weighted by Crippen LogP contribution is 2.27. The lowest BCUT2D eigenvalue weighted by Crippen LogP contribution is -2.42. The number of rotatable bonds is 9. The van der Waals surface area contributed by atoms with Crippen LogP contribution in [0.5, 0.6) is 0 Å². The van der Waals surface area contributed by atoms with Crippen LogP contribution in [0, 0.1) is 0 Å². The van der Waals surface area contributed by atoms with Crippen molar-refractivity contribution in [1.29, 1.82) is 0 Å².